The maximum Gasteiger partial charge on any atom is 0.251 e. The Bertz CT molecular complexity index is 1180. The molecule has 0 radical (unpaired) electrons. The molecule has 3 rings (SSSR count). The number of sulfonamides is 1. The van der Waals surface area contributed by atoms with Gasteiger partial charge in [-0.2, -0.15) is 4.31 Å². The summed E-state index contributed by atoms with van der Waals surface area (Å²) in [5.41, 5.74) is 0.0359. The number of hydrogen-bond acceptors (Lipinski definition) is 6. The highest BCUT2D eigenvalue weighted by molar-refractivity contribution is 7.91. The lowest BCUT2D eigenvalue weighted by atomic mass is 10.0. The average Bonchev–Trinajstić information content (AvgIpc) is 3.00. The maximum absolute atomic E-state index is 13.2. The molecule has 1 amide bonds. The van der Waals surface area contributed by atoms with Crippen molar-refractivity contribution < 1.29 is 26.4 Å². The van der Waals surface area contributed by atoms with E-state index in [0.29, 0.717) is 6.42 Å². The Morgan fingerprint density at radius 3 is 2.45 bits per heavy atom. The summed E-state index contributed by atoms with van der Waals surface area (Å²) in [6.07, 6.45) is 0.308. The van der Waals surface area contributed by atoms with Crippen molar-refractivity contribution in [3.8, 4) is 5.75 Å². The largest absolute Gasteiger partial charge is 0.495 e. The normalized spacial score (nSPS) is 20.5. The summed E-state index contributed by atoms with van der Waals surface area (Å²) in [6.45, 7) is 1.82. The summed E-state index contributed by atoms with van der Waals surface area (Å²) in [5, 5.41) is 2.75. The molecule has 1 aliphatic rings. The molecule has 0 spiro atoms. The first kappa shape index (κ1) is 23.2. The van der Waals surface area contributed by atoms with Gasteiger partial charge in [-0.15, -0.1) is 0 Å². The van der Waals surface area contributed by atoms with Crippen LogP contribution in [0.3, 0.4) is 0 Å². The molecular weight excluding hydrogens is 440 g/mol. The van der Waals surface area contributed by atoms with E-state index in [2.05, 4.69) is 5.32 Å². The summed E-state index contributed by atoms with van der Waals surface area (Å²) in [5.74, 6) is -0.557. The van der Waals surface area contributed by atoms with Crippen LogP contribution in [0.25, 0.3) is 0 Å². The Kier molecular flexibility index (Phi) is 6.45. The maximum atomic E-state index is 13.2. The van der Waals surface area contributed by atoms with Crippen molar-refractivity contribution in [3.63, 3.8) is 0 Å². The minimum absolute atomic E-state index is 0.0102. The first-order valence-corrected chi connectivity index (χ1v) is 12.9. The third-order valence-corrected chi connectivity index (χ3v) is 9.01. The topological polar surface area (TPSA) is 110 Å². The zero-order valence-corrected chi connectivity index (χ0v) is 19.3. The molecule has 8 nitrogen and oxygen atoms in total. The van der Waals surface area contributed by atoms with Gasteiger partial charge in [-0.3, -0.25) is 4.79 Å². The number of rotatable bonds is 7. The fraction of sp³-hybridized carbons (Fsp3) is 0.381. The van der Waals surface area contributed by atoms with Crippen LogP contribution in [0.2, 0.25) is 0 Å². The second-order valence-electron chi connectivity index (χ2n) is 7.97. The summed E-state index contributed by atoms with van der Waals surface area (Å²) in [6, 6.07) is 13.3. The van der Waals surface area contributed by atoms with Crippen molar-refractivity contribution in [2.24, 2.45) is 0 Å². The molecule has 0 aromatic heterocycles. The molecule has 1 unspecified atom stereocenters. The molecule has 1 fully saturated rings. The van der Waals surface area contributed by atoms with Gasteiger partial charge < -0.3 is 10.1 Å². The van der Waals surface area contributed by atoms with Gasteiger partial charge in [0.1, 0.15) is 10.6 Å². The molecule has 2 aromatic carbocycles. The number of ether oxygens (including phenoxy) is 1. The monoisotopic (exact) mass is 466 g/mol. The van der Waals surface area contributed by atoms with Crippen LogP contribution in [-0.4, -0.2) is 58.3 Å². The van der Waals surface area contributed by atoms with Crippen molar-refractivity contribution in [2.45, 2.75) is 30.3 Å². The summed E-state index contributed by atoms with van der Waals surface area (Å²) >= 11 is 0. The number of carbonyl (C=O) groups excluding carboxylic acids is 1. The van der Waals surface area contributed by atoms with Crippen molar-refractivity contribution in [1.82, 2.24) is 9.62 Å². The van der Waals surface area contributed by atoms with E-state index in [0.717, 1.165) is 5.56 Å². The summed E-state index contributed by atoms with van der Waals surface area (Å²) in [4.78, 5) is 12.7. The van der Waals surface area contributed by atoms with Crippen molar-refractivity contribution in [1.29, 1.82) is 0 Å². The molecule has 1 N–H and O–H groups in total. The third kappa shape index (κ3) is 5.25. The first-order chi connectivity index (χ1) is 14.5. The van der Waals surface area contributed by atoms with Gasteiger partial charge in [-0.05, 0) is 37.1 Å². The Morgan fingerprint density at radius 1 is 1.19 bits per heavy atom. The van der Waals surface area contributed by atoms with E-state index in [4.69, 9.17) is 4.74 Å². The fourth-order valence-corrected chi connectivity index (χ4v) is 7.00. The fourth-order valence-electron chi connectivity index (χ4n) is 3.57. The smallest absolute Gasteiger partial charge is 0.251 e. The standard InChI is InChI=1S/C21H26N2O6S2/c1-21(11-12-30(25,26)15-21)22-20(24)17-9-10-18(29-3)19(13-17)31(27,28)23(2)14-16-7-5-4-6-8-16/h4-10,13H,11-12,14-15H2,1-3H3,(H,22,24). The van der Waals surface area contributed by atoms with Crippen LogP contribution in [-0.2, 0) is 26.4 Å². The van der Waals surface area contributed by atoms with Crippen LogP contribution in [0.15, 0.2) is 53.4 Å². The van der Waals surface area contributed by atoms with E-state index >= 15 is 0 Å². The van der Waals surface area contributed by atoms with Gasteiger partial charge in [0.25, 0.3) is 5.91 Å². The molecule has 10 heteroatoms. The van der Waals surface area contributed by atoms with Crippen molar-refractivity contribution in [2.75, 3.05) is 25.7 Å². The molecule has 1 atom stereocenters. The highest BCUT2D eigenvalue weighted by Gasteiger charge is 2.39. The van der Waals surface area contributed by atoms with E-state index in [9.17, 15) is 21.6 Å². The zero-order valence-electron chi connectivity index (χ0n) is 17.7. The van der Waals surface area contributed by atoms with E-state index in [1.165, 1.54) is 36.7 Å². The Labute approximate surface area is 183 Å². The molecule has 1 saturated heterocycles. The number of benzene rings is 2. The van der Waals surface area contributed by atoms with Gasteiger partial charge in [0.2, 0.25) is 10.0 Å². The Morgan fingerprint density at radius 2 is 1.87 bits per heavy atom. The van der Waals surface area contributed by atoms with Crippen LogP contribution in [0.5, 0.6) is 5.75 Å². The summed E-state index contributed by atoms with van der Waals surface area (Å²) < 4.78 is 56.5. The quantitative estimate of drug-likeness (QED) is 0.667. The Hall–Kier alpha value is -2.43. The van der Waals surface area contributed by atoms with Crippen LogP contribution in [0.4, 0.5) is 0 Å². The molecule has 2 aromatic rings. The van der Waals surface area contributed by atoms with Gasteiger partial charge in [0.15, 0.2) is 9.84 Å². The van der Waals surface area contributed by atoms with E-state index in [1.807, 2.05) is 30.3 Å². The van der Waals surface area contributed by atoms with Crippen molar-refractivity contribution in [3.05, 3.63) is 59.7 Å². The minimum atomic E-state index is -3.96. The number of methoxy groups -OCH3 is 1. The predicted molar refractivity (Wildman–Crippen MR) is 117 cm³/mol. The molecular formula is C21H26N2O6S2. The highest BCUT2D eigenvalue weighted by atomic mass is 32.2. The number of nitrogens with zero attached hydrogens (tertiary/aromatic N) is 1. The summed E-state index contributed by atoms with van der Waals surface area (Å²) in [7, 11) is -4.35. The van der Waals surface area contributed by atoms with Crippen molar-refractivity contribution >= 4 is 25.8 Å². The van der Waals surface area contributed by atoms with Crippen LogP contribution in [0.1, 0.15) is 29.3 Å². The van der Waals surface area contributed by atoms with E-state index in [1.54, 1.807) is 6.92 Å². The van der Waals surface area contributed by atoms with Crippen LogP contribution >= 0.6 is 0 Å². The number of hydrogen-bond donors (Lipinski definition) is 1. The second kappa shape index (κ2) is 8.60. The zero-order chi connectivity index (χ0) is 22.9. The Balaban J connectivity index is 1.88. The van der Waals surface area contributed by atoms with Gasteiger partial charge in [-0.1, -0.05) is 30.3 Å². The van der Waals surface area contributed by atoms with Gasteiger partial charge in [-0.25, -0.2) is 16.8 Å². The SMILES string of the molecule is COc1ccc(C(=O)NC2(C)CCS(=O)(=O)C2)cc1S(=O)(=O)N(C)Cc1ccccc1. The highest BCUT2D eigenvalue weighted by Crippen LogP contribution is 2.29. The first-order valence-electron chi connectivity index (χ1n) is 9.67. The van der Waals surface area contributed by atoms with Crippen LogP contribution in [0, 0.1) is 0 Å². The lowest BCUT2D eigenvalue weighted by molar-refractivity contribution is 0.0915. The minimum Gasteiger partial charge on any atom is -0.495 e. The van der Waals surface area contributed by atoms with E-state index in [-0.39, 0.29) is 34.3 Å². The van der Waals surface area contributed by atoms with Gasteiger partial charge in [0, 0.05) is 19.2 Å². The van der Waals surface area contributed by atoms with E-state index < -0.39 is 31.3 Å². The third-order valence-electron chi connectivity index (χ3n) is 5.28. The number of carbonyl (C=O) groups is 1. The van der Waals surface area contributed by atoms with Gasteiger partial charge in [0.05, 0.1) is 24.2 Å². The molecule has 0 bridgehead atoms. The van der Waals surface area contributed by atoms with Gasteiger partial charge >= 0.3 is 0 Å². The lowest BCUT2D eigenvalue weighted by Crippen LogP contribution is -2.47. The molecule has 31 heavy (non-hydrogen) atoms. The molecule has 0 saturated carbocycles. The molecule has 1 aliphatic heterocycles. The number of sulfone groups is 1. The molecule has 1 heterocycles. The number of nitrogens with one attached hydrogen (secondary N) is 1. The predicted octanol–water partition coefficient (Wildman–Crippen LogP) is 1.82. The van der Waals surface area contributed by atoms with Crippen LogP contribution < -0.4 is 10.1 Å². The molecule has 168 valence electrons. The average molecular weight is 467 g/mol. The number of amides is 1. The lowest BCUT2D eigenvalue weighted by Gasteiger charge is -2.24. The second-order valence-corrected chi connectivity index (χ2v) is 12.2. The molecule has 0 aliphatic carbocycles.